The fourth-order valence-electron chi connectivity index (χ4n) is 2.69. The van der Waals surface area contributed by atoms with E-state index in [0.717, 1.165) is 24.1 Å². The summed E-state index contributed by atoms with van der Waals surface area (Å²) in [6.07, 6.45) is 3.17. The lowest BCUT2D eigenvalue weighted by Gasteiger charge is -2.32. The number of aliphatic hydroxyl groups excluding tert-OH is 1. The van der Waals surface area contributed by atoms with Crippen molar-refractivity contribution in [2.24, 2.45) is 5.41 Å². The van der Waals surface area contributed by atoms with Gasteiger partial charge in [-0.15, -0.1) is 0 Å². The summed E-state index contributed by atoms with van der Waals surface area (Å²) in [6.45, 7) is 4.15. The van der Waals surface area contributed by atoms with Gasteiger partial charge in [-0.1, -0.05) is 25.5 Å². The summed E-state index contributed by atoms with van der Waals surface area (Å²) < 4.78 is 26.7. The van der Waals surface area contributed by atoms with Crippen LogP contribution in [-0.4, -0.2) is 11.2 Å². The van der Waals surface area contributed by atoms with Gasteiger partial charge < -0.3 is 5.11 Å². The quantitative estimate of drug-likeness (QED) is 0.797. The number of rotatable bonds is 2. The largest absolute Gasteiger partial charge is 0.389 e. The molecule has 0 aliphatic heterocycles. The second-order valence-electron chi connectivity index (χ2n) is 5.85. The van der Waals surface area contributed by atoms with Crippen LogP contribution in [0, 0.1) is 17.0 Å². The Balaban J connectivity index is 2.21. The van der Waals surface area contributed by atoms with Crippen LogP contribution in [0.3, 0.4) is 0 Å². The van der Waals surface area contributed by atoms with Crippen molar-refractivity contribution in [2.75, 3.05) is 0 Å². The highest BCUT2D eigenvalue weighted by molar-refractivity contribution is 5.26. The lowest BCUT2D eigenvalue weighted by molar-refractivity contribution is 0.138. The molecule has 0 fully saturated rings. The number of benzene rings is 1. The van der Waals surface area contributed by atoms with Crippen molar-refractivity contribution >= 4 is 0 Å². The molecule has 1 atom stereocenters. The molecule has 1 aliphatic rings. The summed E-state index contributed by atoms with van der Waals surface area (Å²) >= 11 is 0. The standard InChI is InChI=1S/C15H18F2O/c1-15(2)8-10(6-13(18)9-15)5-11-7-12(16)3-4-14(11)17/h3-4,6-7,13,18H,5,8-9H2,1-2H3. The Morgan fingerprint density at radius 1 is 1.33 bits per heavy atom. The van der Waals surface area contributed by atoms with Crippen LogP contribution in [0.1, 0.15) is 32.3 Å². The Bertz CT molecular complexity index is 477. The highest BCUT2D eigenvalue weighted by Gasteiger charge is 2.27. The summed E-state index contributed by atoms with van der Waals surface area (Å²) in [5.74, 6) is -0.821. The van der Waals surface area contributed by atoms with E-state index in [4.69, 9.17) is 0 Å². The van der Waals surface area contributed by atoms with E-state index in [1.54, 1.807) is 6.08 Å². The van der Waals surface area contributed by atoms with Crippen molar-refractivity contribution in [3.8, 4) is 0 Å². The average molecular weight is 252 g/mol. The van der Waals surface area contributed by atoms with Gasteiger partial charge in [0.05, 0.1) is 6.10 Å². The number of halogens is 2. The molecule has 0 saturated heterocycles. The van der Waals surface area contributed by atoms with Crippen LogP contribution in [-0.2, 0) is 6.42 Å². The topological polar surface area (TPSA) is 20.2 Å². The highest BCUT2D eigenvalue weighted by Crippen LogP contribution is 2.36. The molecule has 1 aromatic rings. The fourth-order valence-corrected chi connectivity index (χ4v) is 2.69. The van der Waals surface area contributed by atoms with Crippen molar-refractivity contribution in [3.05, 3.63) is 47.0 Å². The van der Waals surface area contributed by atoms with E-state index in [2.05, 4.69) is 13.8 Å². The Morgan fingerprint density at radius 2 is 2.06 bits per heavy atom. The van der Waals surface area contributed by atoms with Crippen LogP contribution in [0.15, 0.2) is 29.8 Å². The van der Waals surface area contributed by atoms with Crippen LogP contribution in [0.5, 0.6) is 0 Å². The first-order valence-corrected chi connectivity index (χ1v) is 6.17. The van der Waals surface area contributed by atoms with E-state index in [1.807, 2.05) is 0 Å². The van der Waals surface area contributed by atoms with Gasteiger partial charge in [0.15, 0.2) is 0 Å². The Kier molecular flexibility index (Phi) is 3.53. The van der Waals surface area contributed by atoms with Crippen molar-refractivity contribution < 1.29 is 13.9 Å². The first-order chi connectivity index (χ1) is 8.35. The zero-order valence-corrected chi connectivity index (χ0v) is 10.7. The Labute approximate surface area is 106 Å². The van der Waals surface area contributed by atoms with Gasteiger partial charge in [-0.25, -0.2) is 8.78 Å². The lowest BCUT2D eigenvalue weighted by atomic mass is 9.75. The minimum absolute atomic E-state index is 0.00724. The molecular weight excluding hydrogens is 234 g/mol. The van der Waals surface area contributed by atoms with E-state index in [0.29, 0.717) is 18.4 Å². The molecule has 0 heterocycles. The molecule has 18 heavy (non-hydrogen) atoms. The molecule has 1 aliphatic carbocycles. The zero-order valence-electron chi connectivity index (χ0n) is 10.7. The van der Waals surface area contributed by atoms with Crippen LogP contribution in [0.25, 0.3) is 0 Å². The molecule has 0 amide bonds. The van der Waals surface area contributed by atoms with Gasteiger partial charge in [0, 0.05) is 0 Å². The van der Waals surface area contributed by atoms with Crippen molar-refractivity contribution in [3.63, 3.8) is 0 Å². The Morgan fingerprint density at radius 3 is 2.72 bits per heavy atom. The summed E-state index contributed by atoms with van der Waals surface area (Å²) in [5.41, 5.74) is 1.34. The van der Waals surface area contributed by atoms with Gasteiger partial charge in [-0.05, 0) is 48.4 Å². The number of aliphatic hydroxyl groups is 1. The van der Waals surface area contributed by atoms with E-state index in [1.165, 1.54) is 6.07 Å². The van der Waals surface area contributed by atoms with Crippen LogP contribution in [0.4, 0.5) is 8.78 Å². The third kappa shape index (κ3) is 3.16. The molecular formula is C15H18F2O. The molecule has 0 bridgehead atoms. The lowest BCUT2D eigenvalue weighted by Crippen LogP contribution is -2.25. The summed E-state index contributed by atoms with van der Waals surface area (Å²) in [5, 5.41) is 9.77. The summed E-state index contributed by atoms with van der Waals surface area (Å²) in [6, 6.07) is 3.49. The first kappa shape index (κ1) is 13.2. The molecule has 0 aromatic heterocycles. The second kappa shape index (κ2) is 4.81. The van der Waals surface area contributed by atoms with Gasteiger partial charge in [0.1, 0.15) is 11.6 Å². The van der Waals surface area contributed by atoms with E-state index >= 15 is 0 Å². The second-order valence-corrected chi connectivity index (χ2v) is 5.85. The van der Waals surface area contributed by atoms with Crippen LogP contribution in [0.2, 0.25) is 0 Å². The predicted molar refractivity (Wildman–Crippen MR) is 67.2 cm³/mol. The third-order valence-electron chi connectivity index (χ3n) is 3.32. The maximum absolute atomic E-state index is 13.6. The van der Waals surface area contributed by atoms with Gasteiger partial charge in [0.25, 0.3) is 0 Å². The number of allylic oxidation sites excluding steroid dienone is 1. The van der Waals surface area contributed by atoms with Gasteiger partial charge in [-0.3, -0.25) is 0 Å². The third-order valence-corrected chi connectivity index (χ3v) is 3.32. The minimum Gasteiger partial charge on any atom is -0.389 e. The van der Waals surface area contributed by atoms with Gasteiger partial charge in [-0.2, -0.15) is 0 Å². The Hall–Kier alpha value is -1.22. The van der Waals surface area contributed by atoms with Gasteiger partial charge >= 0.3 is 0 Å². The fraction of sp³-hybridized carbons (Fsp3) is 0.467. The molecule has 0 radical (unpaired) electrons. The maximum Gasteiger partial charge on any atom is 0.126 e. The predicted octanol–water partition coefficient (Wildman–Crippen LogP) is 3.61. The number of hydrogen-bond donors (Lipinski definition) is 1. The SMILES string of the molecule is CC1(C)CC(Cc2cc(F)ccc2F)=CC(O)C1. The smallest absolute Gasteiger partial charge is 0.126 e. The van der Waals surface area contributed by atoms with Crippen molar-refractivity contribution in [2.45, 2.75) is 39.2 Å². The van der Waals surface area contributed by atoms with E-state index in [-0.39, 0.29) is 5.41 Å². The highest BCUT2D eigenvalue weighted by atomic mass is 19.1. The molecule has 3 heteroatoms. The molecule has 1 nitrogen and oxygen atoms in total. The molecule has 1 aromatic carbocycles. The molecule has 98 valence electrons. The minimum atomic E-state index is -0.486. The normalized spacial score (nSPS) is 22.7. The monoisotopic (exact) mass is 252 g/mol. The van der Waals surface area contributed by atoms with Crippen LogP contribution >= 0.6 is 0 Å². The van der Waals surface area contributed by atoms with Crippen LogP contribution < -0.4 is 0 Å². The number of hydrogen-bond acceptors (Lipinski definition) is 1. The average Bonchev–Trinajstić information content (AvgIpc) is 2.20. The molecule has 0 saturated carbocycles. The van der Waals surface area contributed by atoms with E-state index in [9.17, 15) is 13.9 Å². The first-order valence-electron chi connectivity index (χ1n) is 6.17. The molecule has 1 N–H and O–H groups in total. The summed E-state index contributed by atoms with van der Waals surface area (Å²) in [7, 11) is 0. The summed E-state index contributed by atoms with van der Waals surface area (Å²) in [4.78, 5) is 0. The molecule has 1 unspecified atom stereocenters. The maximum atomic E-state index is 13.6. The molecule has 2 rings (SSSR count). The van der Waals surface area contributed by atoms with E-state index < -0.39 is 17.7 Å². The van der Waals surface area contributed by atoms with Gasteiger partial charge in [0.2, 0.25) is 0 Å². The van der Waals surface area contributed by atoms with Crippen molar-refractivity contribution in [1.29, 1.82) is 0 Å². The van der Waals surface area contributed by atoms with Crippen molar-refractivity contribution in [1.82, 2.24) is 0 Å². The zero-order chi connectivity index (χ0) is 13.3. The molecule has 0 spiro atoms.